The van der Waals surface area contributed by atoms with Crippen LogP contribution in [-0.4, -0.2) is 65.3 Å². The number of carbonyl (C=O) groups excluding carboxylic acids is 2. The van der Waals surface area contributed by atoms with E-state index in [-0.39, 0.29) is 12.5 Å². The third kappa shape index (κ3) is 5.48. The molecule has 0 fully saturated rings. The molecule has 4 N–H and O–H groups in total. The summed E-state index contributed by atoms with van der Waals surface area (Å²) in [5, 5.41) is 22.1. The molecule has 0 aliphatic rings. The Morgan fingerprint density at radius 2 is 1.89 bits per heavy atom. The van der Waals surface area contributed by atoms with Crippen LogP contribution in [0.4, 0.5) is 4.79 Å². The monoisotopic (exact) mass is 261 g/mol. The highest BCUT2D eigenvalue weighted by Crippen LogP contribution is 1.92. The number of aliphatic carboxylic acids is 1. The zero-order chi connectivity index (χ0) is 14.3. The fraction of sp³-hybridized carbons (Fsp3) is 0.700. The van der Waals surface area contributed by atoms with Gasteiger partial charge < -0.3 is 25.7 Å². The van der Waals surface area contributed by atoms with Crippen LogP contribution in [0.3, 0.4) is 0 Å². The average molecular weight is 261 g/mol. The molecule has 8 heteroatoms. The van der Waals surface area contributed by atoms with Crippen LogP contribution in [0.2, 0.25) is 0 Å². The molecule has 8 nitrogen and oxygen atoms in total. The summed E-state index contributed by atoms with van der Waals surface area (Å²) in [5.41, 5.74) is 0. The van der Waals surface area contributed by atoms with E-state index in [9.17, 15) is 14.4 Å². The molecule has 18 heavy (non-hydrogen) atoms. The number of urea groups is 1. The number of aliphatic hydroxyl groups excluding tert-OH is 1. The van der Waals surface area contributed by atoms with E-state index >= 15 is 0 Å². The number of rotatable bonds is 6. The van der Waals surface area contributed by atoms with Gasteiger partial charge in [-0.15, -0.1) is 0 Å². The van der Waals surface area contributed by atoms with Crippen molar-refractivity contribution in [3.8, 4) is 0 Å². The van der Waals surface area contributed by atoms with E-state index < -0.39 is 24.1 Å². The molecule has 0 saturated heterocycles. The highest BCUT2D eigenvalue weighted by Gasteiger charge is 2.25. The van der Waals surface area contributed by atoms with Crippen molar-refractivity contribution in [2.75, 3.05) is 20.1 Å². The Bertz CT molecular complexity index is 319. The molecule has 0 spiro atoms. The number of carboxylic acids is 1. The standard InChI is InChI=1S/C10H19N3O5/c1-4-13(3)7(15)5-11-10(18)12-8(6(2)14)9(16)17/h6,8,14H,4-5H2,1-3H3,(H,16,17)(H2,11,12,18). The van der Waals surface area contributed by atoms with E-state index in [1.165, 1.54) is 11.8 Å². The maximum absolute atomic E-state index is 11.3. The van der Waals surface area contributed by atoms with E-state index in [2.05, 4.69) is 10.6 Å². The highest BCUT2D eigenvalue weighted by molar-refractivity contribution is 5.86. The van der Waals surface area contributed by atoms with Crippen LogP contribution in [0.25, 0.3) is 0 Å². The normalized spacial score (nSPS) is 13.3. The van der Waals surface area contributed by atoms with Crippen molar-refractivity contribution in [2.45, 2.75) is 26.0 Å². The molecule has 0 aromatic carbocycles. The smallest absolute Gasteiger partial charge is 0.328 e. The predicted octanol–water partition coefficient (Wildman–Crippen LogP) is -1.40. The minimum atomic E-state index is -1.41. The van der Waals surface area contributed by atoms with Gasteiger partial charge in [0.05, 0.1) is 12.6 Å². The Morgan fingerprint density at radius 1 is 1.33 bits per heavy atom. The molecular weight excluding hydrogens is 242 g/mol. The molecule has 104 valence electrons. The lowest BCUT2D eigenvalue weighted by Gasteiger charge is -2.18. The zero-order valence-electron chi connectivity index (χ0n) is 10.6. The van der Waals surface area contributed by atoms with E-state index in [1.54, 1.807) is 14.0 Å². The second-order valence-corrected chi connectivity index (χ2v) is 3.79. The summed E-state index contributed by atoms with van der Waals surface area (Å²) < 4.78 is 0. The summed E-state index contributed by atoms with van der Waals surface area (Å²) in [7, 11) is 1.58. The summed E-state index contributed by atoms with van der Waals surface area (Å²) in [6.07, 6.45) is -1.23. The number of carbonyl (C=O) groups is 3. The van der Waals surface area contributed by atoms with Gasteiger partial charge in [0.2, 0.25) is 5.91 Å². The first-order chi connectivity index (χ1) is 8.29. The highest BCUT2D eigenvalue weighted by atomic mass is 16.4. The SMILES string of the molecule is CCN(C)C(=O)CNC(=O)NC(C(=O)O)C(C)O. The Hall–Kier alpha value is -1.83. The summed E-state index contributed by atoms with van der Waals surface area (Å²) in [6, 6.07) is -2.23. The molecule has 0 aromatic rings. The fourth-order valence-electron chi connectivity index (χ4n) is 1.05. The molecule has 0 rings (SSSR count). The second-order valence-electron chi connectivity index (χ2n) is 3.79. The molecule has 2 atom stereocenters. The van der Waals surface area contributed by atoms with Crippen molar-refractivity contribution in [3.63, 3.8) is 0 Å². The number of carboxylic acid groups (broad SMARTS) is 1. The number of hydrogen-bond acceptors (Lipinski definition) is 4. The van der Waals surface area contributed by atoms with E-state index in [0.717, 1.165) is 0 Å². The summed E-state index contributed by atoms with van der Waals surface area (Å²) in [6.45, 7) is 3.30. The first kappa shape index (κ1) is 16.2. The molecule has 0 aliphatic carbocycles. The Kier molecular flexibility index (Phi) is 6.73. The van der Waals surface area contributed by atoms with Crippen molar-refractivity contribution in [1.29, 1.82) is 0 Å². The van der Waals surface area contributed by atoms with Crippen molar-refractivity contribution in [2.24, 2.45) is 0 Å². The minimum Gasteiger partial charge on any atom is -0.480 e. The van der Waals surface area contributed by atoms with Gasteiger partial charge in [0.15, 0.2) is 6.04 Å². The van der Waals surface area contributed by atoms with Gasteiger partial charge in [-0.05, 0) is 13.8 Å². The van der Waals surface area contributed by atoms with Crippen LogP contribution < -0.4 is 10.6 Å². The van der Waals surface area contributed by atoms with Gasteiger partial charge in [-0.2, -0.15) is 0 Å². The number of amides is 3. The Labute approximate surface area is 105 Å². The van der Waals surface area contributed by atoms with Crippen molar-refractivity contribution < 1.29 is 24.6 Å². The molecule has 0 bridgehead atoms. The lowest BCUT2D eigenvalue weighted by atomic mass is 10.2. The van der Waals surface area contributed by atoms with Crippen LogP contribution in [0.1, 0.15) is 13.8 Å². The summed E-state index contributed by atoms with van der Waals surface area (Å²) in [4.78, 5) is 34.8. The molecular formula is C10H19N3O5. The quantitative estimate of drug-likeness (QED) is 0.469. The molecule has 0 saturated carbocycles. The van der Waals surface area contributed by atoms with E-state index in [0.29, 0.717) is 6.54 Å². The maximum atomic E-state index is 11.3. The lowest BCUT2D eigenvalue weighted by Crippen LogP contribution is -2.52. The van der Waals surface area contributed by atoms with Gasteiger partial charge >= 0.3 is 12.0 Å². The van der Waals surface area contributed by atoms with Crippen LogP contribution in [0.5, 0.6) is 0 Å². The average Bonchev–Trinajstić information content (AvgIpc) is 2.30. The van der Waals surface area contributed by atoms with Crippen molar-refractivity contribution in [1.82, 2.24) is 15.5 Å². The Morgan fingerprint density at radius 3 is 2.28 bits per heavy atom. The zero-order valence-corrected chi connectivity index (χ0v) is 10.6. The molecule has 0 aliphatic heterocycles. The first-order valence-corrected chi connectivity index (χ1v) is 5.48. The first-order valence-electron chi connectivity index (χ1n) is 5.48. The van der Waals surface area contributed by atoms with Gasteiger partial charge in [-0.1, -0.05) is 0 Å². The molecule has 0 radical (unpaired) electrons. The van der Waals surface area contributed by atoms with Crippen molar-refractivity contribution >= 4 is 17.9 Å². The third-order valence-electron chi connectivity index (χ3n) is 2.34. The number of aliphatic hydroxyl groups is 1. The second kappa shape index (κ2) is 7.49. The number of hydrogen-bond donors (Lipinski definition) is 4. The topological polar surface area (TPSA) is 119 Å². The number of nitrogens with zero attached hydrogens (tertiary/aromatic N) is 1. The van der Waals surface area contributed by atoms with E-state index in [1.807, 2.05) is 0 Å². The van der Waals surface area contributed by atoms with Crippen molar-refractivity contribution in [3.05, 3.63) is 0 Å². The van der Waals surface area contributed by atoms with Gasteiger partial charge in [-0.3, -0.25) is 4.79 Å². The Balaban J connectivity index is 4.19. The molecule has 2 unspecified atom stereocenters. The minimum absolute atomic E-state index is 0.234. The number of nitrogens with one attached hydrogen (secondary N) is 2. The molecule has 0 heterocycles. The summed E-state index contributed by atoms with van der Waals surface area (Å²) in [5.74, 6) is -1.64. The van der Waals surface area contributed by atoms with Gasteiger partial charge in [-0.25, -0.2) is 9.59 Å². The molecule has 0 aromatic heterocycles. The largest absolute Gasteiger partial charge is 0.480 e. The molecule has 3 amide bonds. The summed E-state index contributed by atoms with van der Waals surface area (Å²) >= 11 is 0. The van der Waals surface area contributed by atoms with Gasteiger partial charge in [0.1, 0.15) is 0 Å². The van der Waals surface area contributed by atoms with Crippen LogP contribution in [0, 0.1) is 0 Å². The van der Waals surface area contributed by atoms with Gasteiger partial charge in [0.25, 0.3) is 0 Å². The van der Waals surface area contributed by atoms with Crippen LogP contribution in [0.15, 0.2) is 0 Å². The van der Waals surface area contributed by atoms with Crippen LogP contribution in [-0.2, 0) is 9.59 Å². The predicted molar refractivity (Wildman–Crippen MR) is 63.0 cm³/mol. The third-order valence-corrected chi connectivity index (χ3v) is 2.34. The van der Waals surface area contributed by atoms with E-state index in [4.69, 9.17) is 10.2 Å². The van der Waals surface area contributed by atoms with Gasteiger partial charge in [0, 0.05) is 13.6 Å². The fourth-order valence-corrected chi connectivity index (χ4v) is 1.05. The maximum Gasteiger partial charge on any atom is 0.328 e. The lowest BCUT2D eigenvalue weighted by molar-refractivity contribution is -0.141. The van der Waals surface area contributed by atoms with Crippen LogP contribution >= 0.6 is 0 Å². The number of likely N-dealkylation sites (N-methyl/N-ethyl adjacent to an activating group) is 1.